The van der Waals surface area contributed by atoms with Crippen molar-refractivity contribution in [2.24, 2.45) is 0 Å². The lowest BCUT2D eigenvalue weighted by molar-refractivity contribution is 0.103. The first-order valence-electron chi connectivity index (χ1n) is 7.94. The van der Waals surface area contributed by atoms with Crippen LogP contribution < -0.4 is 5.56 Å². The van der Waals surface area contributed by atoms with Crippen LogP contribution in [0.25, 0.3) is 16.8 Å². The number of aromatic nitrogens is 2. The fraction of sp³-hybridized carbons (Fsp3) is 0.0500. The number of ketones is 1. The molecule has 4 aromatic rings. The Morgan fingerprint density at radius 1 is 1.15 bits per heavy atom. The number of pyridine rings is 1. The van der Waals surface area contributed by atoms with Gasteiger partial charge in [-0.15, -0.1) is 0 Å². The molecule has 0 radical (unpaired) electrons. The molecule has 0 amide bonds. The zero-order chi connectivity index (χ0) is 18.3. The van der Waals surface area contributed by atoms with Gasteiger partial charge >= 0.3 is 0 Å². The van der Waals surface area contributed by atoms with Crippen LogP contribution in [0, 0.1) is 6.92 Å². The Morgan fingerprint density at radius 3 is 2.81 bits per heavy atom. The summed E-state index contributed by atoms with van der Waals surface area (Å²) in [4.78, 5) is 29.0. The van der Waals surface area contributed by atoms with Crippen molar-refractivity contribution >= 4 is 16.9 Å². The Bertz CT molecular complexity index is 1200. The normalized spacial score (nSPS) is 11.0. The van der Waals surface area contributed by atoms with Crippen LogP contribution in [0.2, 0.25) is 0 Å². The number of oxazole rings is 1. The average molecular weight is 346 g/mol. The van der Waals surface area contributed by atoms with Gasteiger partial charge in [-0.3, -0.25) is 14.2 Å². The second-order valence-corrected chi connectivity index (χ2v) is 5.95. The van der Waals surface area contributed by atoms with Gasteiger partial charge in [-0.1, -0.05) is 12.1 Å². The summed E-state index contributed by atoms with van der Waals surface area (Å²) >= 11 is 0. The molecule has 0 aliphatic carbocycles. The van der Waals surface area contributed by atoms with Crippen LogP contribution in [0.5, 0.6) is 5.75 Å². The van der Waals surface area contributed by atoms with Gasteiger partial charge in [-0.05, 0) is 42.8 Å². The van der Waals surface area contributed by atoms with E-state index >= 15 is 0 Å². The van der Waals surface area contributed by atoms with Gasteiger partial charge in [0.15, 0.2) is 29.0 Å². The van der Waals surface area contributed by atoms with Crippen LogP contribution in [0.4, 0.5) is 0 Å². The molecule has 0 atom stereocenters. The second kappa shape index (κ2) is 6.00. The molecule has 0 aliphatic heterocycles. The number of aromatic hydroxyl groups is 1. The molecule has 6 nitrogen and oxygen atoms in total. The summed E-state index contributed by atoms with van der Waals surface area (Å²) in [5.41, 5.74) is 2.42. The maximum Gasteiger partial charge on any atom is 0.255 e. The lowest BCUT2D eigenvalue weighted by atomic mass is 10.0. The predicted molar refractivity (Wildman–Crippen MR) is 95.9 cm³/mol. The van der Waals surface area contributed by atoms with E-state index in [1.807, 2.05) is 25.1 Å². The SMILES string of the molecule is Cc1cccc(-n2cc(C(=O)c3ccc4ocnc4c3O)ccc2=O)c1. The number of carbonyl (C=O) groups is 1. The van der Waals surface area contributed by atoms with Gasteiger partial charge < -0.3 is 9.52 Å². The molecule has 128 valence electrons. The Morgan fingerprint density at radius 2 is 2.00 bits per heavy atom. The summed E-state index contributed by atoms with van der Waals surface area (Å²) in [5.74, 6) is -0.650. The lowest BCUT2D eigenvalue weighted by Gasteiger charge is -2.09. The monoisotopic (exact) mass is 346 g/mol. The molecule has 0 spiro atoms. The van der Waals surface area contributed by atoms with Crippen LogP contribution in [0.1, 0.15) is 21.5 Å². The van der Waals surface area contributed by atoms with Crippen LogP contribution in [0.15, 0.2) is 70.3 Å². The van der Waals surface area contributed by atoms with Crippen LogP contribution >= 0.6 is 0 Å². The van der Waals surface area contributed by atoms with Gasteiger partial charge in [0.25, 0.3) is 5.56 Å². The largest absolute Gasteiger partial charge is 0.505 e. The minimum atomic E-state index is -0.409. The number of nitrogens with zero attached hydrogens (tertiary/aromatic N) is 2. The smallest absolute Gasteiger partial charge is 0.255 e. The topological polar surface area (TPSA) is 85.3 Å². The molecule has 0 saturated carbocycles. The van der Waals surface area contributed by atoms with Gasteiger partial charge in [0, 0.05) is 23.5 Å². The van der Waals surface area contributed by atoms with Gasteiger partial charge in [0.05, 0.1) is 5.56 Å². The van der Waals surface area contributed by atoms with Crippen molar-refractivity contribution in [3.05, 3.63) is 88.2 Å². The molecular weight excluding hydrogens is 332 g/mol. The van der Waals surface area contributed by atoms with Crippen molar-refractivity contribution < 1.29 is 14.3 Å². The molecule has 0 aliphatic rings. The van der Waals surface area contributed by atoms with Gasteiger partial charge in [-0.2, -0.15) is 0 Å². The van der Waals surface area contributed by atoms with E-state index in [4.69, 9.17) is 4.42 Å². The van der Waals surface area contributed by atoms with Crippen LogP contribution in [-0.2, 0) is 0 Å². The van der Waals surface area contributed by atoms with Crippen LogP contribution in [0.3, 0.4) is 0 Å². The minimum Gasteiger partial charge on any atom is -0.505 e. The summed E-state index contributed by atoms with van der Waals surface area (Å²) in [6, 6.07) is 13.3. The maximum absolute atomic E-state index is 12.9. The number of hydrogen-bond acceptors (Lipinski definition) is 5. The Kier molecular flexibility index (Phi) is 3.65. The highest BCUT2D eigenvalue weighted by Gasteiger charge is 2.18. The highest BCUT2D eigenvalue weighted by Crippen LogP contribution is 2.29. The van der Waals surface area contributed by atoms with Crippen molar-refractivity contribution in [3.8, 4) is 11.4 Å². The Labute approximate surface area is 148 Å². The highest BCUT2D eigenvalue weighted by molar-refractivity contribution is 6.12. The van der Waals surface area contributed by atoms with Crippen molar-refractivity contribution in [1.29, 1.82) is 0 Å². The van der Waals surface area contributed by atoms with Gasteiger partial charge in [0.1, 0.15) is 0 Å². The van der Waals surface area contributed by atoms with E-state index in [0.29, 0.717) is 11.3 Å². The van der Waals surface area contributed by atoms with E-state index in [9.17, 15) is 14.7 Å². The molecule has 0 saturated heterocycles. The third-order valence-corrected chi connectivity index (χ3v) is 4.17. The fourth-order valence-corrected chi connectivity index (χ4v) is 2.86. The van der Waals surface area contributed by atoms with Crippen molar-refractivity contribution in [2.45, 2.75) is 6.92 Å². The van der Waals surface area contributed by atoms with Gasteiger partial charge in [-0.25, -0.2) is 4.98 Å². The summed E-state index contributed by atoms with van der Waals surface area (Å²) in [6.45, 7) is 1.93. The number of carbonyl (C=O) groups excluding carboxylic acids is 1. The van der Waals surface area contributed by atoms with E-state index in [1.165, 1.54) is 35.4 Å². The minimum absolute atomic E-state index is 0.0980. The average Bonchev–Trinajstić information content (AvgIpc) is 3.11. The maximum atomic E-state index is 12.9. The first-order valence-corrected chi connectivity index (χ1v) is 7.94. The van der Waals surface area contributed by atoms with Crippen molar-refractivity contribution in [2.75, 3.05) is 0 Å². The molecule has 2 heterocycles. The molecule has 2 aromatic heterocycles. The van der Waals surface area contributed by atoms with Crippen molar-refractivity contribution in [1.82, 2.24) is 9.55 Å². The van der Waals surface area contributed by atoms with E-state index in [-0.39, 0.29) is 28.0 Å². The predicted octanol–water partition coefficient (Wildman–Crippen LogP) is 3.22. The van der Waals surface area contributed by atoms with E-state index < -0.39 is 5.78 Å². The third-order valence-electron chi connectivity index (χ3n) is 4.17. The molecule has 0 fully saturated rings. The molecule has 6 heteroatoms. The number of benzene rings is 2. The fourth-order valence-electron chi connectivity index (χ4n) is 2.86. The molecule has 0 bridgehead atoms. The second-order valence-electron chi connectivity index (χ2n) is 5.95. The Balaban J connectivity index is 1.82. The Hall–Kier alpha value is -3.67. The summed E-state index contributed by atoms with van der Waals surface area (Å²) < 4.78 is 6.52. The molecule has 4 rings (SSSR count). The van der Waals surface area contributed by atoms with E-state index in [1.54, 1.807) is 12.1 Å². The van der Waals surface area contributed by atoms with Crippen LogP contribution in [-0.4, -0.2) is 20.4 Å². The molecule has 0 unspecified atom stereocenters. The molecule has 1 N–H and O–H groups in total. The highest BCUT2D eigenvalue weighted by atomic mass is 16.3. The number of rotatable bonds is 3. The number of fused-ring (bicyclic) bond motifs is 1. The molecular formula is C20H14N2O4. The zero-order valence-corrected chi connectivity index (χ0v) is 13.8. The first kappa shape index (κ1) is 15.8. The molecule has 2 aromatic carbocycles. The quantitative estimate of drug-likeness (QED) is 0.576. The number of hydrogen-bond donors (Lipinski definition) is 1. The first-order chi connectivity index (χ1) is 12.5. The van der Waals surface area contributed by atoms with E-state index in [0.717, 1.165) is 5.56 Å². The summed E-state index contributed by atoms with van der Waals surface area (Å²) in [5, 5.41) is 10.3. The summed E-state index contributed by atoms with van der Waals surface area (Å²) in [6.07, 6.45) is 2.68. The standard InChI is InChI=1S/C20H14N2O4/c1-12-3-2-4-14(9-12)22-10-13(5-8-17(22)23)19(24)15-6-7-16-18(20(15)25)21-11-26-16/h2-11,25H,1H3. The third kappa shape index (κ3) is 2.57. The number of phenols is 1. The number of aryl methyl sites for hydroxylation is 1. The zero-order valence-electron chi connectivity index (χ0n) is 13.8. The molecule has 26 heavy (non-hydrogen) atoms. The van der Waals surface area contributed by atoms with Gasteiger partial charge in [0.2, 0.25) is 0 Å². The lowest BCUT2D eigenvalue weighted by Crippen LogP contribution is -2.18. The number of phenolic OH excluding ortho intramolecular Hbond substituents is 1. The summed E-state index contributed by atoms with van der Waals surface area (Å²) in [7, 11) is 0. The van der Waals surface area contributed by atoms with Crippen molar-refractivity contribution in [3.63, 3.8) is 0 Å². The van der Waals surface area contributed by atoms with E-state index in [2.05, 4.69) is 4.98 Å².